The van der Waals surface area contributed by atoms with Crippen molar-refractivity contribution < 1.29 is 14.4 Å². The molecular weight excluding hydrogens is 489 g/mol. The highest BCUT2D eigenvalue weighted by Crippen LogP contribution is 2.24. The van der Waals surface area contributed by atoms with E-state index in [0.29, 0.717) is 47.1 Å². The van der Waals surface area contributed by atoms with Gasteiger partial charge in [0, 0.05) is 35.8 Å². The van der Waals surface area contributed by atoms with Crippen molar-refractivity contribution in [3.8, 4) is 0 Å². The van der Waals surface area contributed by atoms with Crippen LogP contribution in [0.15, 0.2) is 41.0 Å². The van der Waals surface area contributed by atoms with Gasteiger partial charge < -0.3 is 15.2 Å². The number of fused-ring (bicyclic) bond motifs is 1. The summed E-state index contributed by atoms with van der Waals surface area (Å²) in [5, 5.41) is 3.79. The molecule has 10 heteroatoms. The molecule has 35 heavy (non-hydrogen) atoms. The molecule has 1 unspecified atom stereocenters. The van der Waals surface area contributed by atoms with Crippen molar-refractivity contribution in [3.05, 3.63) is 51.8 Å². The lowest BCUT2D eigenvalue weighted by Gasteiger charge is -2.28. The number of aromatic nitrogens is 2. The molecule has 2 N–H and O–H groups in total. The predicted molar refractivity (Wildman–Crippen MR) is 140 cm³/mol. The van der Waals surface area contributed by atoms with E-state index in [2.05, 4.69) is 15.3 Å². The van der Waals surface area contributed by atoms with Crippen LogP contribution in [0, 0.1) is 5.92 Å². The Hall–Kier alpha value is -2.68. The number of rotatable bonds is 4. The number of hydrogen-bond donors (Lipinski definition) is 2. The number of imidazole rings is 1. The molecule has 4 rings (SSSR count). The molecule has 2 aromatic rings. The molecule has 190 valence electrons. The maximum Gasteiger partial charge on any atom is 0.236 e. The van der Waals surface area contributed by atoms with Gasteiger partial charge in [0.25, 0.3) is 0 Å². The van der Waals surface area contributed by atoms with Crippen LogP contribution in [0.1, 0.15) is 32.5 Å². The number of nitrogens with zero attached hydrogens (tertiary/aromatic N) is 3. The van der Waals surface area contributed by atoms with Crippen molar-refractivity contribution in [1.82, 2.24) is 25.1 Å². The Morgan fingerprint density at radius 3 is 2.66 bits per heavy atom. The number of likely N-dealkylation sites (N-methyl/N-ethyl adjacent to an activating group) is 2. The topological polar surface area (TPSA) is 98.4 Å². The molecular formula is C25H33Cl2N5O3. The van der Waals surface area contributed by atoms with Crippen molar-refractivity contribution in [3.63, 3.8) is 0 Å². The number of aldehydes is 1. The number of H-pyrrole nitrogens is 1. The molecule has 2 heterocycles. The maximum atomic E-state index is 12.3. The highest BCUT2D eigenvalue weighted by molar-refractivity contribution is 6.34. The van der Waals surface area contributed by atoms with Gasteiger partial charge in [-0.3, -0.25) is 19.3 Å². The van der Waals surface area contributed by atoms with Gasteiger partial charge in [-0.05, 0) is 38.1 Å². The molecule has 8 nitrogen and oxygen atoms in total. The lowest BCUT2D eigenvalue weighted by Crippen LogP contribution is -2.46. The Labute approximate surface area is 216 Å². The molecule has 0 saturated carbocycles. The summed E-state index contributed by atoms with van der Waals surface area (Å²) in [4.78, 5) is 45.5. The molecule has 0 radical (unpaired) electrons. The molecule has 1 aliphatic carbocycles. The van der Waals surface area contributed by atoms with Crippen molar-refractivity contribution in [2.24, 2.45) is 5.92 Å². The summed E-state index contributed by atoms with van der Waals surface area (Å²) in [6, 6.07) is 5.37. The average Bonchev–Trinajstić information content (AvgIpc) is 3.15. The normalized spacial score (nSPS) is 18.3. The number of piperazine rings is 1. The largest absolute Gasteiger partial charge is 0.348 e. The fourth-order valence-electron chi connectivity index (χ4n) is 3.48. The van der Waals surface area contributed by atoms with Crippen LogP contribution in [0.3, 0.4) is 0 Å². The van der Waals surface area contributed by atoms with Crippen molar-refractivity contribution in [1.29, 1.82) is 0 Å². The van der Waals surface area contributed by atoms with Gasteiger partial charge in [0.2, 0.25) is 11.8 Å². The molecule has 2 aliphatic rings. The number of hydrogen-bond acceptors (Lipinski definition) is 5. The fourth-order valence-corrected chi connectivity index (χ4v) is 3.93. The number of nitrogens with one attached hydrogen (secondary N) is 2. The second-order valence-corrected chi connectivity index (χ2v) is 8.94. The molecule has 1 aromatic heterocycles. The summed E-state index contributed by atoms with van der Waals surface area (Å²) in [5.74, 6) is 0.358. The van der Waals surface area contributed by atoms with Gasteiger partial charge in [0.1, 0.15) is 5.82 Å². The molecule has 0 spiro atoms. The van der Waals surface area contributed by atoms with Crippen LogP contribution in [-0.2, 0) is 20.9 Å². The number of allylic oxidation sites excluding steroid dienone is 3. The van der Waals surface area contributed by atoms with Crippen LogP contribution in [0.25, 0.3) is 11.0 Å². The minimum atomic E-state index is -0.370. The third kappa shape index (κ3) is 8.49. The van der Waals surface area contributed by atoms with E-state index in [9.17, 15) is 14.4 Å². The van der Waals surface area contributed by atoms with E-state index in [1.165, 1.54) is 0 Å². The van der Waals surface area contributed by atoms with Gasteiger partial charge in [-0.2, -0.15) is 0 Å². The van der Waals surface area contributed by atoms with E-state index in [1.54, 1.807) is 29.2 Å². The summed E-state index contributed by atoms with van der Waals surface area (Å²) < 4.78 is 0. The third-order valence-corrected chi connectivity index (χ3v) is 6.08. The van der Waals surface area contributed by atoms with Gasteiger partial charge in [-0.1, -0.05) is 49.2 Å². The minimum absolute atomic E-state index is 0.146. The highest BCUT2D eigenvalue weighted by Gasteiger charge is 2.20. The van der Waals surface area contributed by atoms with Crippen LogP contribution in [-0.4, -0.2) is 71.6 Å². The second kappa shape index (κ2) is 14.0. The molecule has 0 bridgehead atoms. The Bertz CT molecular complexity index is 1100. The van der Waals surface area contributed by atoms with E-state index in [-0.39, 0.29) is 24.3 Å². The molecule has 1 saturated heterocycles. The predicted octanol–water partition coefficient (Wildman–Crippen LogP) is 3.91. The summed E-state index contributed by atoms with van der Waals surface area (Å²) in [5.41, 5.74) is 2.05. The molecule has 1 atom stereocenters. The number of carbonyl (C=O) groups excluding carboxylic acids is 3. The van der Waals surface area contributed by atoms with Crippen LogP contribution < -0.4 is 5.32 Å². The molecule has 2 amide bonds. The van der Waals surface area contributed by atoms with Gasteiger partial charge >= 0.3 is 0 Å². The minimum Gasteiger partial charge on any atom is -0.348 e. The summed E-state index contributed by atoms with van der Waals surface area (Å²) in [6.07, 6.45) is 5.32. The van der Waals surface area contributed by atoms with E-state index in [1.807, 2.05) is 38.9 Å². The van der Waals surface area contributed by atoms with E-state index < -0.39 is 0 Å². The van der Waals surface area contributed by atoms with E-state index >= 15 is 0 Å². The highest BCUT2D eigenvalue weighted by atomic mass is 35.5. The van der Waals surface area contributed by atoms with Gasteiger partial charge in [-0.15, -0.1) is 0 Å². The molecule has 1 aromatic carbocycles. The lowest BCUT2D eigenvalue weighted by atomic mass is 10.0. The number of amides is 2. The first-order valence-corrected chi connectivity index (χ1v) is 12.4. The first-order valence-electron chi connectivity index (χ1n) is 11.6. The van der Waals surface area contributed by atoms with E-state index in [0.717, 1.165) is 24.1 Å². The van der Waals surface area contributed by atoms with Crippen molar-refractivity contribution >= 4 is 52.3 Å². The van der Waals surface area contributed by atoms with Crippen LogP contribution in [0.5, 0.6) is 0 Å². The van der Waals surface area contributed by atoms with Gasteiger partial charge in [-0.25, -0.2) is 4.98 Å². The number of aromatic amines is 1. The molecule has 1 aliphatic heterocycles. The lowest BCUT2D eigenvalue weighted by molar-refractivity contribution is -0.133. The Morgan fingerprint density at radius 2 is 2.00 bits per heavy atom. The monoisotopic (exact) mass is 521 g/mol. The summed E-state index contributed by atoms with van der Waals surface area (Å²) in [6.45, 7) is 6.73. The summed E-state index contributed by atoms with van der Waals surface area (Å²) in [7, 11) is 3.81. The van der Waals surface area contributed by atoms with Crippen LogP contribution in [0.4, 0.5) is 0 Å². The molecule has 1 fully saturated rings. The van der Waals surface area contributed by atoms with Crippen LogP contribution in [0.2, 0.25) is 5.02 Å². The zero-order chi connectivity index (χ0) is 26.0. The van der Waals surface area contributed by atoms with Crippen LogP contribution >= 0.6 is 23.2 Å². The Kier molecular flexibility index (Phi) is 11.4. The Morgan fingerprint density at radius 1 is 1.26 bits per heavy atom. The fraction of sp³-hybridized carbons (Fsp3) is 0.440. The zero-order valence-corrected chi connectivity index (χ0v) is 22.1. The quantitative estimate of drug-likeness (QED) is 0.594. The second-order valence-electron chi connectivity index (χ2n) is 8.09. The summed E-state index contributed by atoms with van der Waals surface area (Å²) >= 11 is 12.0. The number of benzene rings is 1. The van der Waals surface area contributed by atoms with Gasteiger partial charge in [0.15, 0.2) is 6.29 Å². The van der Waals surface area contributed by atoms with E-state index in [4.69, 9.17) is 23.2 Å². The Balaban J connectivity index is 0.000000329. The van der Waals surface area contributed by atoms with Gasteiger partial charge in [0.05, 0.1) is 30.0 Å². The SMILES string of the molecule is CC.CN1CCN(C)C(=O)C1.O=CC1=CCCC(C(=O)NCc2nc3ccc(Cl)cc3[nH]2)C=C1Cl. The zero-order valence-electron chi connectivity index (χ0n) is 20.6. The first-order chi connectivity index (χ1) is 16.8. The van der Waals surface area contributed by atoms with Crippen molar-refractivity contribution in [2.45, 2.75) is 33.2 Å². The maximum absolute atomic E-state index is 12.3. The van der Waals surface area contributed by atoms with Crippen molar-refractivity contribution in [2.75, 3.05) is 33.7 Å². The standard InChI is InChI=1S/C17H15Cl2N3O2.C6H12N2O.C2H6/c18-12-4-5-14-15(7-12)22-16(21-14)8-20-17(24)10-2-1-3-11(9-23)13(19)6-10;1-7-3-4-8(2)6(9)5-7;1-2/h3-7,9-10H,1-2,8H2,(H,20,24)(H,21,22);3-5H2,1-2H3;1-2H3. The number of halogens is 2. The first kappa shape index (κ1) is 28.6. The average molecular weight is 522 g/mol. The smallest absolute Gasteiger partial charge is 0.236 e. The third-order valence-electron chi connectivity index (χ3n) is 5.50. The number of carbonyl (C=O) groups is 3.